The van der Waals surface area contributed by atoms with Gasteiger partial charge in [-0.3, -0.25) is 4.98 Å². The first-order chi connectivity index (χ1) is 6.01. The fourth-order valence-electron chi connectivity index (χ4n) is 1.06. The van der Waals surface area contributed by atoms with E-state index in [1.165, 1.54) is 0 Å². The lowest BCUT2D eigenvalue weighted by Gasteiger charge is -2.16. The highest BCUT2D eigenvalue weighted by molar-refractivity contribution is 5.21. The Kier molecular flexibility index (Phi) is 2.67. The molecule has 0 aliphatic heterocycles. The second-order valence-corrected chi connectivity index (χ2v) is 4.27. The van der Waals surface area contributed by atoms with Crippen LogP contribution in [0.5, 0.6) is 0 Å². The summed E-state index contributed by atoms with van der Waals surface area (Å²) in [6.07, 6.45) is 9.49. The van der Waals surface area contributed by atoms with Crippen LogP contribution in [0.3, 0.4) is 0 Å². The molecule has 1 aromatic heterocycles. The third-order valence-corrected chi connectivity index (χ3v) is 1.56. The van der Waals surface area contributed by atoms with Crippen molar-refractivity contribution in [3.8, 4) is 12.3 Å². The molecule has 0 fully saturated rings. The molecule has 0 bridgehead atoms. The van der Waals surface area contributed by atoms with Gasteiger partial charge in [-0.2, -0.15) is 0 Å². The number of nitrogens with zero attached hydrogens (tertiary/aromatic N) is 2. The Labute approximate surface area is 79.4 Å². The summed E-state index contributed by atoms with van der Waals surface area (Å²) in [5.41, 5.74) is 1.83. The predicted octanol–water partition coefficient (Wildman–Crippen LogP) is 2.05. The Bertz CT molecular complexity index is 311. The van der Waals surface area contributed by atoms with Gasteiger partial charge in [0.05, 0.1) is 11.9 Å². The SMILES string of the molecule is C#Cc1cnc(CC(C)(C)C)cn1. The first-order valence-electron chi connectivity index (χ1n) is 4.29. The fourth-order valence-corrected chi connectivity index (χ4v) is 1.06. The molecule has 0 aromatic carbocycles. The van der Waals surface area contributed by atoms with Crippen molar-refractivity contribution in [2.75, 3.05) is 0 Å². The van der Waals surface area contributed by atoms with E-state index in [9.17, 15) is 0 Å². The molecule has 68 valence electrons. The summed E-state index contributed by atoms with van der Waals surface area (Å²) in [5, 5.41) is 0. The Balaban J connectivity index is 2.77. The summed E-state index contributed by atoms with van der Waals surface area (Å²) < 4.78 is 0. The molecule has 0 saturated carbocycles. The molecule has 0 spiro atoms. The van der Waals surface area contributed by atoms with E-state index in [4.69, 9.17) is 6.42 Å². The number of hydrogen-bond donors (Lipinski definition) is 0. The van der Waals surface area contributed by atoms with Gasteiger partial charge in [0.2, 0.25) is 0 Å². The quantitative estimate of drug-likeness (QED) is 0.609. The fraction of sp³-hybridized carbons (Fsp3) is 0.455. The molecule has 0 atom stereocenters. The minimum absolute atomic E-state index is 0.242. The lowest BCUT2D eigenvalue weighted by atomic mass is 9.91. The zero-order chi connectivity index (χ0) is 9.90. The number of aromatic nitrogens is 2. The highest BCUT2D eigenvalue weighted by Gasteiger charge is 2.11. The van der Waals surface area contributed by atoms with Crippen molar-refractivity contribution < 1.29 is 0 Å². The van der Waals surface area contributed by atoms with E-state index < -0.39 is 0 Å². The van der Waals surface area contributed by atoms with Gasteiger partial charge in [0.25, 0.3) is 0 Å². The van der Waals surface area contributed by atoms with Crippen LogP contribution >= 0.6 is 0 Å². The van der Waals surface area contributed by atoms with E-state index in [0.717, 1.165) is 12.1 Å². The molecule has 2 heteroatoms. The van der Waals surface area contributed by atoms with E-state index in [1.54, 1.807) is 12.4 Å². The van der Waals surface area contributed by atoms with Crippen molar-refractivity contribution in [1.82, 2.24) is 9.97 Å². The van der Waals surface area contributed by atoms with E-state index >= 15 is 0 Å². The molecule has 1 heterocycles. The smallest absolute Gasteiger partial charge is 0.131 e. The van der Waals surface area contributed by atoms with Gasteiger partial charge in [0, 0.05) is 6.20 Å². The molecule has 13 heavy (non-hydrogen) atoms. The standard InChI is InChI=1S/C11H14N2/c1-5-9-7-13-10(8-12-9)6-11(2,3)4/h1,7-8H,6H2,2-4H3. The summed E-state index contributed by atoms with van der Waals surface area (Å²) >= 11 is 0. The molecule has 2 nitrogen and oxygen atoms in total. The summed E-state index contributed by atoms with van der Waals surface area (Å²) in [5.74, 6) is 2.44. The van der Waals surface area contributed by atoms with Crippen molar-refractivity contribution in [1.29, 1.82) is 0 Å². The number of rotatable bonds is 1. The Morgan fingerprint density at radius 2 is 2.00 bits per heavy atom. The third kappa shape index (κ3) is 3.25. The van der Waals surface area contributed by atoms with Crippen LogP contribution < -0.4 is 0 Å². The van der Waals surface area contributed by atoms with E-state index in [1.807, 2.05) is 0 Å². The van der Waals surface area contributed by atoms with Crippen LogP contribution in [0, 0.1) is 17.8 Å². The maximum absolute atomic E-state index is 5.17. The number of hydrogen-bond acceptors (Lipinski definition) is 2. The molecule has 0 aliphatic carbocycles. The average Bonchev–Trinajstić information content (AvgIpc) is 2.03. The molecule has 0 aliphatic rings. The molecule has 0 radical (unpaired) electrons. The highest BCUT2D eigenvalue weighted by Crippen LogP contribution is 2.18. The maximum atomic E-state index is 5.17. The van der Waals surface area contributed by atoms with Gasteiger partial charge in [-0.05, 0) is 17.8 Å². The zero-order valence-corrected chi connectivity index (χ0v) is 8.33. The molecule has 0 unspecified atom stereocenters. The highest BCUT2D eigenvalue weighted by atomic mass is 14.8. The summed E-state index contributed by atoms with van der Waals surface area (Å²) in [6.45, 7) is 6.51. The molecule has 0 saturated heterocycles. The summed E-state index contributed by atoms with van der Waals surface area (Å²) in [6, 6.07) is 0. The van der Waals surface area contributed by atoms with Gasteiger partial charge >= 0.3 is 0 Å². The van der Waals surface area contributed by atoms with Crippen molar-refractivity contribution in [3.63, 3.8) is 0 Å². The third-order valence-electron chi connectivity index (χ3n) is 1.56. The lowest BCUT2D eigenvalue weighted by molar-refractivity contribution is 0.405. The van der Waals surface area contributed by atoms with Crippen LogP contribution in [0.15, 0.2) is 12.4 Å². The molecular weight excluding hydrogens is 160 g/mol. The first-order valence-corrected chi connectivity index (χ1v) is 4.29. The zero-order valence-electron chi connectivity index (χ0n) is 8.33. The van der Waals surface area contributed by atoms with Crippen LogP contribution in [0.25, 0.3) is 0 Å². The summed E-state index contributed by atoms with van der Waals surface area (Å²) in [4.78, 5) is 8.31. The van der Waals surface area contributed by atoms with E-state index in [0.29, 0.717) is 5.69 Å². The van der Waals surface area contributed by atoms with Gasteiger partial charge in [-0.25, -0.2) is 4.98 Å². The van der Waals surface area contributed by atoms with Crippen LogP contribution in [0.1, 0.15) is 32.2 Å². The Morgan fingerprint density at radius 3 is 2.38 bits per heavy atom. The van der Waals surface area contributed by atoms with Crippen LogP contribution in [0.2, 0.25) is 0 Å². The molecule has 0 amide bonds. The monoisotopic (exact) mass is 174 g/mol. The predicted molar refractivity (Wildman–Crippen MR) is 53.1 cm³/mol. The van der Waals surface area contributed by atoms with Gasteiger partial charge in [-0.1, -0.05) is 20.8 Å². The molecular formula is C11H14N2. The minimum Gasteiger partial charge on any atom is -0.257 e. The first kappa shape index (κ1) is 9.73. The minimum atomic E-state index is 0.242. The van der Waals surface area contributed by atoms with Crippen molar-refractivity contribution in [3.05, 3.63) is 23.8 Å². The number of terminal acetylenes is 1. The molecule has 1 rings (SSSR count). The van der Waals surface area contributed by atoms with Crippen LogP contribution in [-0.4, -0.2) is 9.97 Å². The largest absolute Gasteiger partial charge is 0.257 e. The second-order valence-electron chi connectivity index (χ2n) is 4.27. The van der Waals surface area contributed by atoms with Crippen LogP contribution in [-0.2, 0) is 6.42 Å². The average molecular weight is 174 g/mol. The van der Waals surface area contributed by atoms with Gasteiger partial charge in [-0.15, -0.1) is 6.42 Å². The topological polar surface area (TPSA) is 25.8 Å². The Hall–Kier alpha value is -1.36. The van der Waals surface area contributed by atoms with Gasteiger partial charge < -0.3 is 0 Å². The normalized spacial score (nSPS) is 10.9. The van der Waals surface area contributed by atoms with Crippen molar-refractivity contribution in [2.45, 2.75) is 27.2 Å². The molecule has 0 N–H and O–H groups in total. The lowest BCUT2D eigenvalue weighted by Crippen LogP contribution is -2.10. The van der Waals surface area contributed by atoms with E-state index in [2.05, 4.69) is 36.7 Å². The second kappa shape index (κ2) is 3.57. The van der Waals surface area contributed by atoms with Crippen LogP contribution in [0.4, 0.5) is 0 Å². The van der Waals surface area contributed by atoms with Gasteiger partial charge in [0.1, 0.15) is 5.69 Å². The summed E-state index contributed by atoms with van der Waals surface area (Å²) in [7, 11) is 0. The van der Waals surface area contributed by atoms with Crippen molar-refractivity contribution >= 4 is 0 Å². The Morgan fingerprint density at radius 1 is 1.31 bits per heavy atom. The van der Waals surface area contributed by atoms with Gasteiger partial charge in [0.15, 0.2) is 0 Å². The van der Waals surface area contributed by atoms with Crippen molar-refractivity contribution in [2.24, 2.45) is 5.41 Å². The maximum Gasteiger partial charge on any atom is 0.131 e. The van der Waals surface area contributed by atoms with E-state index in [-0.39, 0.29) is 5.41 Å². The molecule has 1 aromatic rings.